The van der Waals surface area contributed by atoms with E-state index in [2.05, 4.69) is 55.1 Å². The van der Waals surface area contributed by atoms with E-state index in [1.54, 1.807) is 0 Å². The van der Waals surface area contributed by atoms with E-state index in [0.29, 0.717) is 19.7 Å². The van der Waals surface area contributed by atoms with Crippen LogP contribution in [0.2, 0.25) is 0 Å². The van der Waals surface area contributed by atoms with E-state index in [1.165, 1.54) is 27.2 Å². The van der Waals surface area contributed by atoms with Gasteiger partial charge in [0.15, 0.2) is 0 Å². The van der Waals surface area contributed by atoms with Gasteiger partial charge in [-0.2, -0.15) is 0 Å². The molecule has 2 aromatic carbocycles. The van der Waals surface area contributed by atoms with Crippen molar-refractivity contribution in [2.45, 2.75) is 26.8 Å². The molecule has 0 aliphatic carbocycles. The summed E-state index contributed by atoms with van der Waals surface area (Å²) in [5.74, 6) is 0.926. The minimum Gasteiger partial charge on any atom is -0.493 e. The molecule has 27 heavy (non-hydrogen) atoms. The average molecular weight is 368 g/mol. The van der Waals surface area contributed by atoms with E-state index >= 15 is 0 Å². The molecular formula is C22H28N2O3. The molecule has 1 aliphatic rings. The second-order valence-corrected chi connectivity index (χ2v) is 7.21. The molecule has 0 unspecified atom stereocenters. The van der Waals surface area contributed by atoms with E-state index in [4.69, 9.17) is 9.84 Å². The summed E-state index contributed by atoms with van der Waals surface area (Å²) in [4.78, 5) is 14.7. The smallest absolute Gasteiger partial charge is 0.407 e. The number of benzene rings is 2. The predicted octanol–water partition coefficient (Wildman–Crippen LogP) is 3.72. The molecule has 1 heterocycles. The summed E-state index contributed by atoms with van der Waals surface area (Å²) in [7, 11) is 0. The first kappa shape index (κ1) is 19.2. The molecular weight excluding hydrogens is 340 g/mol. The van der Waals surface area contributed by atoms with Crippen LogP contribution < -0.4 is 4.74 Å². The van der Waals surface area contributed by atoms with E-state index in [0.717, 1.165) is 31.8 Å². The number of rotatable bonds is 6. The summed E-state index contributed by atoms with van der Waals surface area (Å²) in [6.07, 6.45) is 0.0619. The van der Waals surface area contributed by atoms with Crippen LogP contribution in [-0.2, 0) is 13.0 Å². The van der Waals surface area contributed by atoms with Gasteiger partial charge in [0.2, 0.25) is 0 Å². The fourth-order valence-corrected chi connectivity index (χ4v) is 3.26. The summed E-state index contributed by atoms with van der Waals surface area (Å²) < 4.78 is 5.87. The minimum absolute atomic E-state index is 0.587. The number of amides is 1. The summed E-state index contributed by atoms with van der Waals surface area (Å²) in [5.41, 5.74) is 5.05. The highest BCUT2D eigenvalue weighted by Crippen LogP contribution is 2.17. The van der Waals surface area contributed by atoms with Crippen LogP contribution in [0.5, 0.6) is 5.75 Å². The number of aryl methyl sites for hydroxylation is 2. The van der Waals surface area contributed by atoms with Crippen molar-refractivity contribution in [3.8, 4) is 5.75 Å². The van der Waals surface area contributed by atoms with Gasteiger partial charge in [-0.05, 0) is 48.2 Å². The zero-order chi connectivity index (χ0) is 19.2. The molecule has 5 nitrogen and oxygen atoms in total. The van der Waals surface area contributed by atoms with Crippen LogP contribution in [0.3, 0.4) is 0 Å². The van der Waals surface area contributed by atoms with Crippen LogP contribution in [0.25, 0.3) is 0 Å². The maximum absolute atomic E-state index is 11.0. The monoisotopic (exact) mass is 368 g/mol. The van der Waals surface area contributed by atoms with Gasteiger partial charge in [0, 0.05) is 39.1 Å². The lowest BCUT2D eigenvalue weighted by Crippen LogP contribution is -2.47. The molecule has 1 amide bonds. The third-order valence-electron chi connectivity index (χ3n) is 5.21. The van der Waals surface area contributed by atoms with Crippen LogP contribution in [-0.4, -0.2) is 53.8 Å². The third-order valence-corrected chi connectivity index (χ3v) is 5.21. The largest absolute Gasteiger partial charge is 0.493 e. The highest BCUT2D eigenvalue weighted by atomic mass is 16.5. The second kappa shape index (κ2) is 8.91. The van der Waals surface area contributed by atoms with Crippen LogP contribution in [0.1, 0.15) is 22.3 Å². The fourth-order valence-electron chi connectivity index (χ4n) is 3.26. The Morgan fingerprint density at radius 2 is 1.63 bits per heavy atom. The lowest BCUT2D eigenvalue weighted by molar-refractivity contribution is 0.103. The van der Waals surface area contributed by atoms with Gasteiger partial charge in [-0.25, -0.2) is 4.79 Å². The van der Waals surface area contributed by atoms with Crippen LogP contribution in [0.15, 0.2) is 42.5 Å². The van der Waals surface area contributed by atoms with Crippen molar-refractivity contribution in [2.24, 2.45) is 0 Å². The van der Waals surface area contributed by atoms with Gasteiger partial charge in [-0.1, -0.05) is 30.3 Å². The standard InChI is InChI=1S/C22H28N2O3/c1-17-3-8-21(15-18(17)2)27-14-9-19-4-6-20(7-5-19)16-23-10-12-24(13-11-23)22(25)26/h3-8,15H,9-14,16H2,1-2H3,(H,25,26). The molecule has 1 aliphatic heterocycles. The van der Waals surface area contributed by atoms with Gasteiger partial charge in [-0.15, -0.1) is 0 Å². The van der Waals surface area contributed by atoms with Crippen molar-refractivity contribution in [1.29, 1.82) is 0 Å². The molecule has 1 fully saturated rings. The molecule has 0 atom stereocenters. The molecule has 0 radical (unpaired) electrons. The molecule has 1 saturated heterocycles. The quantitative estimate of drug-likeness (QED) is 0.844. The van der Waals surface area contributed by atoms with Crippen LogP contribution in [0.4, 0.5) is 4.79 Å². The van der Waals surface area contributed by atoms with Gasteiger partial charge < -0.3 is 14.7 Å². The van der Waals surface area contributed by atoms with E-state index in [1.807, 2.05) is 6.07 Å². The van der Waals surface area contributed by atoms with E-state index in [-0.39, 0.29) is 0 Å². The first-order chi connectivity index (χ1) is 13.0. The Bertz CT molecular complexity index is 766. The van der Waals surface area contributed by atoms with Gasteiger partial charge in [0.05, 0.1) is 6.61 Å². The number of piperazine rings is 1. The average Bonchev–Trinajstić information content (AvgIpc) is 2.66. The molecule has 0 saturated carbocycles. The molecule has 5 heteroatoms. The molecule has 2 aromatic rings. The molecule has 0 bridgehead atoms. The van der Waals surface area contributed by atoms with Gasteiger partial charge in [0.1, 0.15) is 5.75 Å². The Morgan fingerprint density at radius 1 is 0.963 bits per heavy atom. The van der Waals surface area contributed by atoms with Gasteiger partial charge in [0.25, 0.3) is 0 Å². The van der Waals surface area contributed by atoms with Gasteiger partial charge >= 0.3 is 6.09 Å². The molecule has 1 N–H and O–H groups in total. The number of nitrogens with zero attached hydrogens (tertiary/aromatic N) is 2. The van der Waals surface area contributed by atoms with Crippen molar-refractivity contribution >= 4 is 6.09 Å². The Morgan fingerprint density at radius 3 is 2.26 bits per heavy atom. The molecule has 3 rings (SSSR count). The topological polar surface area (TPSA) is 53.0 Å². The summed E-state index contributed by atoms with van der Waals surface area (Å²) in [6.45, 7) is 8.49. The SMILES string of the molecule is Cc1ccc(OCCc2ccc(CN3CCN(C(=O)O)CC3)cc2)cc1C. The minimum atomic E-state index is -0.818. The Kier molecular flexibility index (Phi) is 6.35. The van der Waals surface area contributed by atoms with Crippen molar-refractivity contribution in [1.82, 2.24) is 9.80 Å². The molecule has 0 aromatic heterocycles. The highest BCUT2D eigenvalue weighted by Gasteiger charge is 2.20. The zero-order valence-electron chi connectivity index (χ0n) is 16.1. The number of hydrogen-bond donors (Lipinski definition) is 1. The normalized spacial score (nSPS) is 15.0. The van der Waals surface area contributed by atoms with E-state index < -0.39 is 6.09 Å². The Labute approximate surface area is 161 Å². The molecule has 144 valence electrons. The maximum Gasteiger partial charge on any atom is 0.407 e. The number of ether oxygens (including phenoxy) is 1. The predicted molar refractivity (Wildman–Crippen MR) is 106 cm³/mol. The number of hydrogen-bond acceptors (Lipinski definition) is 3. The van der Waals surface area contributed by atoms with Crippen LogP contribution in [0, 0.1) is 13.8 Å². The van der Waals surface area contributed by atoms with Gasteiger partial charge in [-0.3, -0.25) is 4.90 Å². The Balaban J connectivity index is 1.43. The first-order valence-electron chi connectivity index (χ1n) is 9.49. The fraction of sp³-hybridized carbons (Fsp3) is 0.409. The number of carbonyl (C=O) groups is 1. The first-order valence-corrected chi connectivity index (χ1v) is 9.49. The second-order valence-electron chi connectivity index (χ2n) is 7.21. The molecule has 0 spiro atoms. The zero-order valence-corrected chi connectivity index (χ0v) is 16.1. The van der Waals surface area contributed by atoms with Crippen molar-refractivity contribution in [3.05, 3.63) is 64.7 Å². The van der Waals surface area contributed by atoms with Crippen molar-refractivity contribution < 1.29 is 14.6 Å². The van der Waals surface area contributed by atoms with E-state index in [9.17, 15) is 4.79 Å². The van der Waals surface area contributed by atoms with Crippen LogP contribution >= 0.6 is 0 Å². The lowest BCUT2D eigenvalue weighted by atomic mass is 10.1. The third kappa shape index (κ3) is 5.47. The summed E-state index contributed by atoms with van der Waals surface area (Å²) in [5, 5.41) is 9.01. The van der Waals surface area contributed by atoms with Crippen molar-refractivity contribution in [2.75, 3.05) is 32.8 Å². The summed E-state index contributed by atoms with van der Waals surface area (Å²) in [6, 6.07) is 14.8. The highest BCUT2D eigenvalue weighted by molar-refractivity contribution is 5.65. The lowest BCUT2D eigenvalue weighted by Gasteiger charge is -2.33. The maximum atomic E-state index is 11.0. The Hall–Kier alpha value is -2.53. The van der Waals surface area contributed by atoms with Crippen molar-refractivity contribution in [3.63, 3.8) is 0 Å². The summed E-state index contributed by atoms with van der Waals surface area (Å²) >= 11 is 0. The number of carboxylic acid groups (broad SMARTS) is 1.